The molecule has 0 aromatic carbocycles. The SMILES string of the molecule is CC(=O)OC[C@@H](OC(C)=O)[C@H]1O[C@H](N2OCC[C@H]2C(=O)OC(C)(C)C)[C@H]2OC(C)(C)O[C@@H]12. The standard InChI is InChI=1S/C21H33NO10/c1-11(23)26-10-14(28-12(2)24)15-16-17(31-21(6,7)30-16)18(29-15)22-13(8-9-27-22)19(25)32-20(3,4)5/h13-18H,8-10H2,1-7H3/t13-,14+,15+,16-,17-,18-/m0/s1. The molecule has 11 nitrogen and oxygen atoms in total. The number of carbonyl (C=O) groups is 3. The van der Waals surface area contributed by atoms with Crippen LogP contribution in [0, 0.1) is 0 Å². The van der Waals surface area contributed by atoms with Crippen LogP contribution in [0.3, 0.4) is 0 Å². The van der Waals surface area contributed by atoms with Gasteiger partial charge in [-0.2, -0.15) is 0 Å². The predicted octanol–water partition coefficient (Wildman–Crippen LogP) is 1.07. The molecule has 0 aliphatic carbocycles. The Balaban J connectivity index is 1.84. The second-order valence-corrected chi connectivity index (χ2v) is 9.54. The van der Waals surface area contributed by atoms with E-state index in [-0.39, 0.29) is 6.61 Å². The molecule has 0 N–H and O–H groups in total. The Morgan fingerprint density at radius 2 is 1.75 bits per heavy atom. The fourth-order valence-corrected chi connectivity index (χ4v) is 4.05. The van der Waals surface area contributed by atoms with Crippen LogP contribution < -0.4 is 0 Å². The molecule has 0 bridgehead atoms. The minimum Gasteiger partial charge on any atom is -0.462 e. The van der Waals surface area contributed by atoms with E-state index in [1.165, 1.54) is 18.9 Å². The van der Waals surface area contributed by atoms with Crippen LogP contribution in [-0.2, 0) is 47.6 Å². The highest BCUT2D eigenvalue weighted by molar-refractivity contribution is 5.76. The average Bonchev–Trinajstić information content (AvgIpc) is 3.29. The highest BCUT2D eigenvalue weighted by atomic mass is 16.8. The number of ether oxygens (including phenoxy) is 6. The monoisotopic (exact) mass is 459 g/mol. The van der Waals surface area contributed by atoms with Gasteiger partial charge < -0.3 is 28.4 Å². The van der Waals surface area contributed by atoms with E-state index in [9.17, 15) is 14.4 Å². The zero-order chi connectivity index (χ0) is 23.8. The Bertz CT molecular complexity index is 733. The lowest BCUT2D eigenvalue weighted by Crippen LogP contribution is -2.50. The topological polar surface area (TPSA) is 119 Å². The fraction of sp³-hybridized carbons (Fsp3) is 0.857. The summed E-state index contributed by atoms with van der Waals surface area (Å²) in [5.74, 6) is -2.47. The fourth-order valence-electron chi connectivity index (χ4n) is 4.05. The summed E-state index contributed by atoms with van der Waals surface area (Å²) in [5.41, 5.74) is -0.660. The third-order valence-corrected chi connectivity index (χ3v) is 5.07. The lowest BCUT2D eigenvalue weighted by molar-refractivity contribution is -0.282. The zero-order valence-corrected chi connectivity index (χ0v) is 19.6. The van der Waals surface area contributed by atoms with Gasteiger partial charge in [0.05, 0.1) is 6.61 Å². The van der Waals surface area contributed by atoms with Gasteiger partial charge in [0.2, 0.25) is 0 Å². The van der Waals surface area contributed by atoms with Gasteiger partial charge in [-0.1, -0.05) is 0 Å². The summed E-state index contributed by atoms with van der Waals surface area (Å²) in [6, 6.07) is -0.702. The number of hydrogen-bond donors (Lipinski definition) is 0. The van der Waals surface area contributed by atoms with E-state index in [0.717, 1.165) is 0 Å². The summed E-state index contributed by atoms with van der Waals surface area (Å²) in [6.45, 7) is 11.5. The van der Waals surface area contributed by atoms with E-state index >= 15 is 0 Å². The number of fused-ring (bicyclic) bond motifs is 1. The van der Waals surface area contributed by atoms with Crippen molar-refractivity contribution >= 4 is 17.9 Å². The smallest absolute Gasteiger partial charge is 0.326 e. The number of carbonyl (C=O) groups excluding carboxylic acids is 3. The lowest BCUT2D eigenvalue weighted by atomic mass is 10.1. The van der Waals surface area contributed by atoms with E-state index in [2.05, 4.69) is 0 Å². The normalized spacial score (nSPS) is 32.9. The molecular formula is C21H33NO10. The molecule has 3 aliphatic heterocycles. The van der Waals surface area contributed by atoms with Gasteiger partial charge in [-0.25, -0.2) is 0 Å². The number of hydrogen-bond acceptors (Lipinski definition) is 11. The van der Waals surface area contributed by atoms with Crippen LogP contribution in [-0.4, -0.2) is 84.3 Å². The molecule has 0 spiro atoms. The zero-order valence-electron chi connectivity index (χ0n) is 19.6. The van der Waals surface area contributed by atoms with Gasteiger partial charge >= 0.3 is 17.9 Å². The van der Waals surface area contributed by atoms with Crippen LogP contribution in [0.2, 0.25) is 0 Å². The summed E-state index contributed by atoms with van der Waals surface area (Å²) >= 11 is 0. The molecule has 0 saturated carbocycles. The Morgan fingerprint density at radius 1 is 1.09 bits per heavy atom. The van der Waals surface area contributed by atoms with E-state index in [1.54, 1.807) is 34.6 Å². The van der Waals surface area contributed by atoms with Crippen molar-refractivity contribution in [3.63, 3.8) is 0 Å². The van der Waals surface area contributed by atoms with Crippen molar-refractivity contribution in [2.45, 2.75) is 103 Å². The molecule has 0 aromatic rings. The molecule has 3 aliphatic rings. The van der Waals surface area contributed by atoms with Gasteiger partial charge in [-0.3, -0.25) is 19.2 Å². The van der Waals surface area contributed by atoms with Crippen LogP contribution in [0.15, 0.2) is 0 Å². The van der Waals surface area contributed by atoms with Crippen molar-refractivity contribution in [1.82, 2.24) is 5.06 Å². The molecule has 11 heteroatoms. The van der Waals surface area contributed by atoms with Crippen molar-refractivity contribution in [2.24, 2.45) is 0 Å². The Labute approximate surface area is 187 Å². The Morgan fingerprint density at radius 3 is 2.34 bits per heavy atom. The van der Waals surface area contributed by atoms with Crippen LogP contribution in [0.25, 0.3) is 0 Å². The average molecular weight is 459 g/mol. The van der Waals surface area contributed by atoms with Crippen molar-refractivity contribution in [2.75, 3.05) is 13.2 Å². The summed E-state index contributed by atoms with van der Waals surface area (Å²) in [4.78, 5) is 41.6. The predicted molar refractivity (Wildman–Crippen MR) is 107 cm³/mol. The van der Waals surface area contributed by atoms with Crippen molar-refractivity contribution in [3.8, 4) is 0 Å². The van der Waals surface area contributed by atoms with E-state index in [1.807, 2.05) is 0 Å². The maximum absolute atomic E-state index is 12.8. The second-order valence-electron chi connectivity index (χ2n) is 9.54. The maximum Gasteiger partial charge on any atom is 0.326 e. The summed E-state index contributed by atoms with van der Waals surface area (Å²) in [5, 5.41) is 1.44. The molecule has 3 rings (SSSR count). The number of nitrogens with zero attached hydrogens (tertiary/aromatic N) is 1. The van der Waals surface area contributed by atoms with Crippen LogP contribution in [0.1, 0.15) is 54.9 Å². The molecule has 0 amide bonds. The third kappa shape index (κ3) is 5.76. The molecule has 0 radical (unpaired) electrons. The largest absolute Gasteiger partial charge is 0.462 e. The molecule has 0 aromatic heterocycles. The van der Waals surface area contributed by atoms with E-state index < -0.39 is 66.0 Å². The highest BCUT2D eigenvalue weighted by Crippen LogP contribution is 2.43. The summed E-state index contributed by atoms with van der Waals surface area (Å²) in [7, 11) is 0. The number of esters is 3. The van der Waals surface area contributed by atoms with Gasteiger partial charge in [0, 0.05) is 20.3 Å². The molecule has 3 fully saturated rings. The third-order valence-electron chi connectivity index (χ3n) is 5.07. The molecule has 6 atom stereocenters. The first-order chi connectivity index (χ1) is 14.8. The number of rotatable bonds is 6. The molecular weight excluding hydrogens is 426 g/mol. The first kappa shape index (κ1) is 24.8. The minimum atomic E-state index is -0.945. The Kier molecular flexibility index (Phi) is 7.16. The van der Waals surface area contributed by atoms with Gasteiger partial charge in [0.25, 0.3) is 0 Å². The molecule has 32 heavy (non-hydrogen) atoms. The first-order valence-corrected chi connectivity index (χ1v) is 10.7. The number of hydroxylamine groups is 2. The van der Waals surface area contributed by atoms with Crippen molar-refractivity contribution < 1.29 is 47.6 Å². The van der Waals surface area contributed by atoms with E-state index in [4.69, 9.17) is 33.3 Å². The summed E-state index contributed by atoms with van der Waals surface area (Å²) < 4.78 is 34.3. The van der Waals surface area contributed by atoms with Gasteiger partial charge in [-0.15, -0.1) is 5.06 Å². The highest BCUT2D eigenvalue weighted by Gasteiger charge is 2.61. The Hall–Kier alpha value is -1.79. The van der Waals surface area contributed by atoms with Gasteiger partial charge in [0.15, 0.2) is 18.1 Å². The molecule has 3 heterocycles. The van der Waals surface area contributed by atoms with Gasteiger partial charge in [-0.05, 0) is 34.6 Å². The second kappa shape index (κ2) is 9.22. The van der Waals surface area contributed by atoms with Crippen LogP contribution in [0.5, 0.6) is 0 Å². The first-order valence-electron chi connectivity index (χ1n) is 10.7. The summed E-state index contributed by atoms with van der Waals surface area (Å²) in [6.07, 6.45) is -3.47. The van der Waals surface area contributed by atoms with Crippen molar-refractivity contribution in [1.29, 1.82) is 0 Å². The minimum absolute atomic E-state index is 0.213. The quantitative estimate of drug-likeness (QED) is 0.419. The van der Waals surface area contributed by atoms with E-state index in [0.29, 0.717) is 13.0 Å². The lowest BCUT2D eigenvalue weighted by Gasteiger charge is -2.33. The molecule has 3 saturated heterocycles. The maximum atomic E-state index is 12.8. The van der Waals surface area contributed by atoms with Gasteiger partial charge in [0.1, 0.15) is 36.6 Å². The van der Waals surface area contributed by atoms with Crippen molar-refractivity contribution in [3.05, 3.63) is 0 Å². The van der Waals surface area contributed by atoms with Crippen LogP contribution >= 0.6 is 0 Å². The molecule has 182 valence electrons. The van der Waals surface area contributed by atoms with Crippen LogP contribution in [0.4, 0.5) is 0 Å². The molecule has 0 unspecified atom stereocenters.